The van der Waals surface area contributed by atoms with E-state index in [-0.39, 0.29) is 29.8 Å². The highest BCUT2D eigenvalue weighted by molar-refractivity contribution is 6.05. The number of aryl methyl sites for hydroxylation is 2. The smallest absolute Gasteiger partial charge is 0.302 e. The lowest BCUT2D eigenvalue weighted by Crippen LogP contribution is -2.51. The lowest BCUT2D eigenvalue weighted by molar-refractivity contribution is -0.142. The Kier molecular flexibility index (Phi) is 8.03. The molecule has 1 aliphatic heterocycles. The van der Waals surface area contributed by atoms with E-state index in [1.165, 1.54) is 18.7 Å². The molecule has 0 aliphatic carbocycles. The molecule has 0 spiro atoms. The van der Waals surface area contributed by atoms with Gasteiger partial charge in [0.05, 0.1) is 11.4 Å². The summed E-state index contributed by atoms with van der Waals surface area (Å²) in [5, 5.41) is 7.49. The second kappa shape index (κ2) is 11.4. The molecular weight excluding hydrogens is 500 g/mol. The van der Waals surface area contributed by atoms with Crippen LogP contribution in [0.4, 0.5) is 17.3 Å². The monoisotopic (exact) mass is 532 g/mol. The van der Waals surface area contributed by atoms with Crippen LogP contribution in [0.1, 0.15) is 38.6 Å². The molecule has 4 heterocycles. The van der Waals surface area contributed by atoms with Crippen molar-refractivity contribution in [1.82, 2.24) is 29.6 Å². The molecule has 0 aromatic carbocycles. The number of carbonyl (C=O) groups is 2. The summed E-state index contributed by atoms with van der Waals surface area (Å²) in [7, 11) is 1.54. The Morgan fingerprint density at radius 2 is 1.95 bits per heavy atom. The largest absolute Gasteiger partial charge is 0.461 e. The molecular formula is C27H32N8O4. The zero-order chi connectivity index (χ0) is 28.3. The average molecular weight is 533 g/mol. The van der Waals surface area contributed by atoms with Crippen molar-refractivity contribution in [2.75, 3.05) is 23.3 Å². The topological polar surface area (TPSA) is 135 Å². The van der Waals surface area contributed by atoms with Crippen molar-refractivity contribution >= 4 is 29.2 Å². The normalized spacial score (nSPS) is 14.4. The first-order valence-electron chi connectivity index (χ1n) is 12.6. The van der Waals surface area contributed by atoms with Crippen LogP contribution in [0.5, 0.6) is 0 Å². The summed E-state index contributed by atoms with van der Waals surface area (Å²) in [5.74, 6) is 0.595. The molecule has 1 saturated heterocycles. The number of aromatic nitrogens is 5. The summed E-state index contributed by atoms with van der Waals surface area (Å²) in [6.45, 7) is 12.0. The number of hydrogen-bond acceptors (Lipinski definition) is 10. The minimum atomic E-state index is -0.483. The number of hydrogen-bond donors (Lipinski definition) is 1. The van der Waals surface area contributed by atoms with Gasteiger partial charge in [-0.25, -0.2) is 19.6 Å². The number of nitrogens with zero attached hydrogens (tertiary/aromatic N) is 7. The van der Waals surface area contributed by atoms with Gasteiger partial charge in [-0.3, -0.25) is 19.3 Å². The molecule has 1 aliphatic rings. The molecule has 1 atom stereocenters. The molecule has 12 heteroatoms. The lowest BCUT2D eigenvalue weighted by atomic mass is 10.0. The third-order valence-electron chi connectivity index (χ3n) is 6.61. The number of carbonyl (C=O) groups excluding carboxylic acids is 2. The molecule has 1 fully saturated rings. The standard InChI is InChI=1S/C27H32N8O4/c1-7-16(2)34-12-13-35(26(37)17(34)3)25-21(15-39-19(5)36)20(8-10-29-25)22-14-23(27(38)33(6)32-22)31-24-9-11-28-18(4)30-24/h8-11,14,16H,3,7,12-13,15H2,1-2,4-6H3,(H,28,30,31). The Balaban J connectivity index is 1.79. The fourth-order valence-electron chi connectivity index (χ4n) is 4.40. The van der Waals surface area contributed by atoms with Crippen molar-refractivity contribution in [3.63, 3.8) is 0 Å². The highest BCUT2D eigenvalue weighted by Gasteiger charge is 2.33. The highest BCUT2D eigenvalue weighted by Crippen LogP contribution is 2.32. The van der Waals surface area contributed by atoms with Crippen LogP contribution in [0.15, 0.2) is 47.7 Å². The van der Waals surface area contributed by atoms with Crippen LogP contribution in [-0.2, 0) is 28.0 Å². The van der Waals surface area contributed by atoms with Crippen molar-refractivity contribution < 1.29 is 14.3 Å². The molecule has 0 radical (unpaired) electrons. The Morgan fingerprint density at radius 1 is 1.21 bits per heavy atom. The van der Waals surface area contributed by atoms with Crippen LogP contribution in [0, 0.1) is 6.92 Å². The van der Waals surface area contributed by atoms with Crippen molar-refractivity contribution in [2.24, 2.45) is 7.05 Å². The van der Waals surface area contributed by atoms with Crippen LogP contribution < -0.4 is 15.8 Å². The van der Waals surface area contributed by atoms with E-state index in [0.717, 1.165) is 6.42 Å². The van der Waals surface area contributed by atoms with Crippen LogP contribution in [0.25, 0.3) is 11.3 Å². The van der Waals surface area contributed by atoms with Crippen LogP contribution in [0.3, 0.4) is 0 Å². The van der Waals surface area contributed by atoms with Gasteiger partial charge in [-0.1, -0.05) is 13.5 Å². The van der Waals surface area contributed by atoms with Gasteiger partial charge in [0.1, 0.15) is 29.8 Å². The maximum Gasteiger partial charge on any atom is 0.302 e. The van der Waals surface area contributed by atoms with Crippen molar-refractivity contribution in [3.05, 3.63) is 64.6 Å². The number of pyridine rings is 1. The van der Waals surface area contributed by atoms with E-state index in [9.17, 15) is 14.4 Å². The Labute approximate surface area is 226 Å². The second-order valence-electron chi connectivity index (χ2n) is 9.28. The van der Waals surface area contributed by atoms with Crippen molar-refractivity contribution in [3.8, 4) is 11.3 Å². The number of amides is 1. The summed E-state index contributed by atoms with van der Waals surface area (Å²) in [5.41, 5.74) is 1.72. The van der Waals surface area contributed by atoms with E-state index >= 15 is 0 Å². The summed E-state index contributed by atoms with van der Waals surface area (Å²) in [6, 6.07) is 5.13. The Morgan fingerprint density at radius 3 is 2.64 bits per heavy atom. The molecule has 1 N–H and O–H groups in total. The van der Waals surface area contributed by atoms with E-state index in [1.54, 1.807) is 42.4 Å². The highest BCUT2D eigenvalue weighted by atomic mass is 16.5. The SMILES string of the molecule is C=C1C(=O)N(c2nccc(-c3cc(Nc4ccnc(C)n4)c(=O)n(C)n3)c2COC(C)=O)CCN1C(C)CC. The molecule has 3 aromatic rings. The van der Waals surface area contributed by atoms with Gasteiger partial charge in [-0.2, -0.15) is 5.10 Å². The first kappa shape index (κ1) is 27.4. The molecule has 1 amide bonds. The Bertz CT molecular complexity index is 1480. The fraction of sp³-hybridized carbons (Fsp3) is 0.370. The summed E-state index contributed by atoms with van der Waals surface area (Å²) >= 11 is 0. The number of piperazine rings is 1. The predicted octanol–water partition coefficient (Wildman–Crippen LogP) is 2.71. The average Bonchev–Trinajstić information content (AvgIpc) is 2.91. The minimum absolute atomic E-state index is 0.141. The summed E-state index contributed by atoms with van der Waals surface area (Å²) < 4.78 is 6.58. The lowest BCUT2D eigenvalue weighted by Gasteiger charge is -2.40. The van der Waals surface area contributed by atoms with Gasteiger partial charge in [0.2, 0.25) is 0 Å². The number of ether oxygens (including phenoxy) is 1. The van der Waals surface area contributed by atoms with Gasteiger partial charge in [0.25, 0.3) is 11.5 Å². The molecule has 0 saturated carbocycles. The quantitative estimate of drug-likeness (QED) is 0.341. The molecule has 204 valence electrons. The zero-order valence-corrected chi connectivity index (χ0v) is 22.8. The summed E-state index contributed by atoms with van der Waals surface area (Å²) in [4.78, 5) is 54.5. The summed E-state index contributed by atoms with van der Waals surface area (Å²) in [6.07, 6.45) is 4.03. The number of esters is 1. The molecule has 0 bridgehead atoms. The maximum absolute atomic E-state index is 13.4. The molecule has 12 nitrogen and oxygen atoms in total. The third kappa shape index (κ3) is 5.79. The van der Waals surface area contributed by atoms with E-state index in [0.29, 0.717) is 53.1 Å². The number of anilines is 3. The molecule has 39 heavy (non-hydrogen) atoms. The molecule has 4 rings (SSSR count). The molecule has 1 unspecified atom stereocenters. The molecule has 3 aromatic heterocycles. The van der Waals surface area contributed by atoms with Gasteiger partial charge in [0, 0.05) is 56.6 Å². The second-order valence-corrected chi connectivity index (χ2v) is 9.28. The van der Waals surface area contributed by atoms with E-state index in [1.807, 2.05) is 4.90 Å². The van der Waals surface area contributed by atoms with E-state index < -0.39 is 5.97 Å². The van der Waals surface area contributed by atoms with Gasteiger partial charge >= 0.3 is 5.97 Å². The Hall–Kier alpha value is -4.61. The third-order valence-corrected chi connectivity index (χ3v) is 6.61. The van der Waals surface area contributed by atoms with Gasteiger partial charge in [-0.15, -0.1) is 0 Å². The first-order chi connectivity index (χ1) is 18.6. The van der Waals surface area contributed by atoms with Crippen LogP contribution >= 0.6 is 0 Å². The number of rotatable bonds is 8. The van der Waals surface area contributed by atoms with E-state index in [4.69, 9.17) is 4.74 Å². The van der Waals surface area contributed by atoms with Crippen molar-refractivity contribution in [1.29, 1.82) is 0 Å². The maximum atomic E-state index is 13.4. The van der Waals surface area contributed by atoms with Gasteiger partial charge in [-0.05, 0) is 38.5 Å². The van der Waals surface area contributed by atoms with Crippen LogP contribution in [-0.4, -0.2) is 60.6 Å². The van der Waals surface area contributed by atoms with Crippen LogP contribution in [0.2, 0.25) is 0 Å². The van der Waals surface area contributed by atoms with Gasteiger partial charge in [0.15, 0.2) is 0 Å². The number of nitrogens with one attached hydrogen (secondary N) is 1. The van der Waals surface area contributed by atoms with E-state index in [2.05, 4.69) is 45.8 Å². The predicted molar refractivity (Wildman–Crippen MR) is 146 cm³/mol. The van der Waals surface area contributed by atoms with Crippen molar-refractivity contribution in [2.45, 2.75) is 46.8 Å². The minimum Gasteiger partial charge on any atom is -0.461 e. The van der Waals surface area contributed by atoms with Gasteiger partial charge < -0.3 is 15.0 Å². The first-order valence-corrected chi connectivity index (χ1v) is 12.6. The zero-order valence-electron chi connectivity index (χ0n) is 22.8. The fourth-order valence-corrected chi connectivity index (χ4v) is 4.40.